The highest BCUT2D eigenvalue weighted by Gasteiger charge is 2.41. The first-order valence-electron chi connectivity index (χ1n) is 15.0. The summed E-state index contributed by atoms with van der Waals surface area (Å²) in [5.41, 5.74) is 3.17. The van der Waals surface area contributed by atoms with E-state index >= 15 is 0 Å². The van der Waals surface area contributed by atoms with Crippen LogP contribution in [-0.4, -0.2) is 34.6 Å². The number of rotatable bonds is 5. The number of aromatic hydroxyl groups is 1. The van der Waals surface area contributed by atoms with Gasteiger partial charge in [-0.15, -0.1) is 0 Å². The summed E-state index contributed by atoms with van der Waals surface area (Å²) in [5, 5.41) is 12.9. The lowest BCUT2D eigenvalue weighted by atomic mass is 9.78. The van der Waals surface area contributed by atoms with Gasteiger partial charge in [0.2, 0.25) is 0 Å². The Morgan fingerprint density at radius 2 is 1.35 bits per heavy atom. The fourth-order valence-electron chi connectivity index (χ4n) is 6.04. The maximum absolute atomic E-state index is 13.6. The predicted octanol–water partition coefficient (Wildman–Crippen LogP) is 7.68. The van der Waals surface area contributed by atoms with Gasteiger partial charge in [0.05, 0.1) is 10.6 Å². The molecule has 0 radical (unpaired) electrons. The molecule has 1 aromatic heterocycles. The monoisotopic (exact) mass is 637 g/mol. The van der Waals surface area contributed by atoms with Crippen molar-refractivity contribution in [2.75, 3.05) is 0 Å². The molecule has 6 rings (SSSR count). The molecule has 46 heavy (non-hydrogen) atoms. The van der Waals surface area contributed by atoms with Gasteiger partial charge in [0.1, 0.15) is 29.5 Å². The van der Waals surface area contributed by atoms with E-state index in [9.17, 15) is 27.7 Å². The second kappa shape index (κ2) is 10.7. The molecule has 9 heteroatoms. The van der Waals surface area contributed by atoms with Crippen LogP contribution in [0.2, 0.25) is 0 Å². The largest absolute Gasteiger partial charge is 0.507 e. The topological polar surface area (TPSA) is 131 Å². The third-order valence-corrected chi connectivity index (χ3v) is 9.33. The zero-order chi connectivity index (χ0) is 33.3. The highest BCUT2D eigenvalue weighted by Crippen LogP contribution is 2.41. The van der Waals surface area contributed by atoms with E-state index in [2.05, 4.69) is 41.5 Å². The van der Waals surface area contributed by atoms with Crippen molar-refractivity contribution in [2.45, 2.75) is 69.8 Å². The minimum atomic E-state index is -4.44. The van der Waals surface area contributed by atoms with Crippen LogP contribution in [0.4, 0.5) is 0 Å². The molecule has 0 amide bonds. The van der Waals surface area contributed by atoms with E-state index in [1.807, 2.05) is 24.3 Å². The summed E-state index contributed by atoms with van der Waals surface area (Å²) in [7, 11) is -4.44. The Bertz CT molecular complexity index is 2170. The number of phenols is 1. The van der Waals surface area contributed by atoms with Gasteiger partial charge in [0.25, 0.3) is 10.1 Å². The Kier molecular flexibility index (Phi) is 7.33. The number of para-hydroxylation sites is 1. The van der Waals surface area contributed by atoms with Crippen LogP contribution in [0.5, 0.6) is 11.5 Å². The molecular weight excluding hydrogens is 602 g/mol. The number of carbonyl (C=O) groups is 2. The standard InChI is InChI=1S/C37H35NO7S/c1-36(2,3)27-14-20(15-28(35(27)41)37(4,5)6)19-45-30-9-7-8-21-11-13-29(38-32(21)30)31-33(39)25-17-22-10-12-24(46(42,43)44)16-23(22)18-26(25)34(31)40/h7-18,31,41H,19H2,1-6H3,(H,42,43,44). The third-order valence-electron chi connectivity index (χ3n) is 8.48. The number of ether oxygens (including phenoxy) is 1. The number of hydrogen-bond donors (Lipinski definition) is 2. The minimum Gasteiger partial charge on any atom is -0.507 e. The Hall–Kier alpha value is -4.60. The average molecular weight is 638 g/mol. The number of aromatic nitrogens is 1. The fourth-order valence-corrected chi connectivity index (χ4v) is 6.55. The highest BCUT2D eigenvalue weighted by atomic mass is 32.2. The van der Waals surface area contributed by atoms with Crippen LogP contribution in [0.1, 0.15) is 90.6 Å². The first-order chi connectivity index (χ1) is 21.4. The first kappa shape index (κ1) is 31.4. The Balaban J connectivity index is 1.35. The number of benzene rings is 4. The SMILES string of the molecule is CC(C)(C)c1cc(COc2cccc3ccc(C4C(=O)c5cc6ccc(S(=O)(=O)O)cc6cc5C4=O)nc23)cc(C(C)(C)C)c1O. The second-order valence-electron chi connectivity index (χ2n) is 13.9. The Labute approximate surface area is 267 Å². The lowest BCUT2D eigenvalue weighted by Crippen LogP contribution is -2.18. The van der Waals surface area contributed by atoms with Crippen LogP contribution in [0.25, 0.3) is 21.7 Å². The van der Waals surface area contributed by atoms with Gasteiger partial charge in [0, 0.05) is 16.5 Å². The van der Waals surface area contributed by atoms with Crippen molar-refractivity contribution >= 4 is 43.4 Å². The van der Waals surface area contributed by atoms with Crippen LogP contribution in [-0.2, 0) is 27.6 Å². The van der Waals surface area contributed by atoms with Crippen molar-refractivity contribution in [1.29, 1.82) is 0 Å². The van der Waals surface area contributed by atoms with Gasteiger partial charge in [-0.1, -0.05) is 65.8 Å². The number of carbonyl (C=O) groups excluding carboxylic acids is 2. The predicted molar refractivity (Wildman–Crippen MR) is 177 cm³/mol. The smallest absolute Gasteiger partial charge is 0.294 e. The summed E-state index contributed by atoms with van der Waals surface area (Å²) in [6.45, 7) is 12.5. The summed E-state index contributed by atoms with van der Waals surface area (Å²) >= 11 is 0. The molecule has 0 fully saturated rings. The van der Waals surface area contributed by atoms with Crippen LogP contribution in [0, 0.1) is 0 Å². The van der Waals surface area contributed by atoms with Crippen molar-refractivity contribution in [3.63, 3.8) is 0 Å². The number of Topliss-reactive ketones (excluding diaryl/α,β-unsaturated/α-hetero) is 2. The molecule has 0 bridgehead atoms. The second-order valence-corrected chi connectivity index (χ2v) is 15.4. The zero-order valence-electron chi connectivity index (χ0n) is 26.5. The molecule has 1 atom stereocenters. The van der Waals surface area contributed by atoms with Gasteiger partial charge in [-0.05, 0) is 86.8 Å². The van der Waals surface area contributed by atoms with Gasteiger partial charge in [-0.3, -0.25) is 14.1 Å². The molecule has 236 valence electrons. The molecule has 5 aromatic rings. The van der Waals surface area contributed by atoms with Crippen LogP contribution >= 0.6 is 0 Å². The Morgan fingerprint density at radius 1 is 0.761 bits per heavy atom. The van der Waals surface area contributed by atoms with Crippen LogP contribution < -0.4 is 4.74 Å². The molecule has 1 aliphatic rings. The molecule has 0 saturated carbocycles. The van der Waals surface area contributed by atoms with Gasteiger partial charge < -0.3 is 9.84 Å². The summed E-state index contributed by atoms with van der Waals surface area (Å²) in [5.74, 6) is -1.21. The number of hydrogen-bond acceptors (Lipinski definition) is 7. The van der Waals surface area contributed by atoms with E-state index in [0.717, 1.165) is 22.1 Å². The molecule has 2 N–H and O–H groups in total. The first-order valence-corrected chi connectivity index (χ1v) is 16.4. The number of fused-ring (bicyclic) bond motifs is 3. The maximum atomic E-state index is 13.6. The lowest BCUT2D eigenvalue weighted by Gasteiger charge is -2.28. The normalized spacial score (nSPS) is 15.5. The molecule has 4 aromatic carbocycles. The van der Waals surface area contributed by atoms with Gasteiger partial charge >= 0.3 is 0 Å². The molecule has 0 saturated heterocycles. The van der Waals surface area contributed by atoms with Gasteiger partial charge in [-0.25, -0.2) is 4.98 Å². The summed E-state index contributed by atoms with van der Waals surface area (Å²) in [6.07, 6.45) is 0. The van der Waals surface area contributed by atoms with Gasteiger partial charge in [0.15, 0.2) is 11.6 Å². The quantitative estimate of drug-likeness (QED) is 0.148. The van der Waals surface area contributed by atoms with E-state index in [0.29, 0.717) is 27.8 Å². The molecule has 0 aliphatic heterocycles. The summed E-state index contributed by atoms with van der Waals surface area (Å²) < 4.78 is 39.1. The van der Waals surface area contributed by atoms with E-state index < -0.39 is 21.8 Å². The summed E-state index contributed by atoms with van der Waals surface area (Å²) in [6, 6.07) is 20.0. The molecule has 1 unspecified atom stereocenters. The number of nitrogens with zero attached hydrogens (tertiary/aromatic N) is 1. The van der Waals surface area contributed by atoms with E-state index in [1.165, 1.54) is 24.3 Å². The van der Waals surface area contributed by atoms with E-state index in [1.54, 1.807) is 24.3 Å². The van der Waals surface area contributed by atoms with Crippen molar-refractivity contribution in [2.24, 2.45) is 0 Å². The van der Waals surface area contributed by atoms with Crippen molar-refractivity contribution in [3.05, 3.63) is 106 Å². The molecule has 1 aliphatic carbocycles. The average Bonchev–Trinajstić information content (AvgIpc) is 3.21. The highest BCUT2D eigenvalue weighted by molar-refractivity contribution is 7.85. The lowest BCUT2D eigenvalue weighted by molar-refractivity contribution is 0.0888. The number of ketones is 2. The summed E-state index contributed by atoms with van der Waals surface area (Å²) in [4.78, 5) is 31.7. The minimum absolute atomic E-state index is 0.179. The Morgan fingerprint density at radius 3 is 1.93 bits per heavy atom. The molecule has 1 heterocycles. The molecule has 0 spiro atoms. The van der Waals surface area contributed by atoms with Crippen molar-refractivity contribution in [1.82, 2.24) is 4.98 Å². The van der Waals surface area contributed by atoms with E-state index in [-0.39, 0.29) is 44.9 Å². The van der Waals surface area contributed by atoms with Crippen molar-refractivity contribution < 1.29 is 32.4 Å². The molecular formula is C37H35NO7S. The maximum Gasteiger partial charge on any atom is 0.294 e. The van der Waals surface area contributed by atoms with Crippen molar-refractivity contribution in [3.8, 4) is 11.5 Å². The van der Waals surface area contributed by atoms with Crippen LogP contribution in [0.15, 0.2) is 77.7 Å². The number of pyridine rings is 1. The van der Waals surface area contributed by atoms with Gasteiger partial charge in [-0.2, -0.15) is 8.42 Å². The van der Waals surface area contributed by atoms with Crippen LogP contribution in [0.3, 0.4) is 0 Å². The number of phenolic OH excluding ortho intramolecular Hbond substituents is 1. The zero-order valence-corrected chi connectivity index (χ0v) is 27.3. The fraction of sp³-hybridized carbons (Fsp3) is 0.270. The third kappa shape index (κ3) is 5.54. The van der Waals surface area contributed by atoms with E-state index in [4.69, 9.17) is 9.72 Å². The molecule has 8 nitrogen and oxygen atoms in total.